The summed E-state index contributed by atoms with van der Waals surface area (Å²) >= 11 is 1.63. The molecule has 1 aromatic carbocycles. The van der Waals surface area contributed by atoms with Crippen molar-refractivity contribution in [3.63, 3.8) is 0 Å². The topological polar surface area (TPSA) is 92.2 Å². The van der Waals surface area contributed by atoms with Gasteiger partial charge in [0.05, 0.1) is 42.1 Å². The van der Waals surface area contributed by atoms with Crippen molar-refractivity contribution in [2.24, 2.45) is 5.92 Å². The Morgan fingerprint density at radius 2 is 1.92 bits per heavy atom. The van der Waals surface area contributed by atoms with Gasteiger partial charge in [0.15, 0.2) is 12.1 Å². The number of hydrogen-bond acceptors (Lipinski definition) is 9. The largest absolute Gasteiger partial charge is 0.348 e. The van der Waals surface area contributed by atoms with Gasteiger partial charge >= 0.3 is 0 Å². The molecule has 4 aliphatic heterocycles. The average Bonchev–Trinajstić information content (AvgIpc) is 3.52. The molecule has 2 aliphatic carbocycles. The number of Topliss-reactive ketones (excluding diaryl/α,β-unsaturated/α-hetero) is 1. The Balaban J connectivity index is 1.25. The minimum atomic E-state index is -0.601. The number of benzene rings is 1. The number of halogens is 1. The first-order valence-corrected chi connectivity index (χ1v) is 20.2. The number of nitrogens with one attached hydrogen (secondary N) is 1. The fourth-order valence-corrected chi connectivity index (χ4v) is 11.6. The number of nitriles is 1. The predicted molar refractivity (Wildman–Crippen MR) is 193 cm³/mol. The summed E-state index contributed by atoms with van der Waals surface area (Å²) in [5, 5.41) is 13.7. The number of carbonyl (C=O) groups is 2. The molecule has 2 saturated carbocycles. The lowest BCUT2D eigenvalue weighted by Crippen LogP contribution is -2.77. The molecule has 5 fully saturated rings. The highest BCUT2D eigenvalue weighted by Crippen LogP contribution is 2.50. The monoisotopic (exact) mass is 706 g/mol. The van der Waals surface area contributed by atoms with Crippen molar-refractivity contribution in [3.8, 4) is 6.07 Å². The van der Waals surface area contributed by atoms with Crippen LogP contribution in [0.1, 0.15) is 88.2 Å². The van der Waals surface area contributed by atoms with Crippen LogP contribution < -0.4 is 5.32 Å². The molecule has 1 aromatic rings. The molecule has 3 saturated heterocycles. The van der Waals surface area contributed by atoms with Gasteiger partial charge < -0.3 is 14.5 Å². The summed E-state index contributed by atoms with van der Waals surface area (Å²) in [6.45, 7) is 7.16. The van der Waals surface area contributed by atoms with Crippen LogP contribution in [0, 0.1) is 23.1 Å². The quantitative estimate of drug-likeness (QED) is 0.391. The number of carbonyl (C=O) groups excluding carboxylic acids is 2. The fourth-order valence-electron chi connectivity index (χ4n) is 10.0. The lowest BCUT2D eigenvalue weighted by atomic mass is 9.70. The van der Waals surface area contributed by atoms with Crippen molar-refractivity contribution in [1.82, 2.24) is 24.9 Å². The minimum absolute atomic E-state index is 0.0199. The summed E-state index contributed by atoms with van der Waals surface area (Å²) in [5.41, 5.74) is 1.69. The van der Waals surface area contributed by atoms with E-state index in [2.05, 4.69) is 39.7 Å². The van der Waals surface area contributed by atoms with Crippen LogP contribution in [-0.4, -0.2) is 113 Å². The average molecular weight is 707 g/mol. The summed E-state index contributed by atoms with van der Waals surface area (Å²) in [6.07, 6.45) is 13.8. The standard InChI is InChI=1S/C39H55FN6O3S/c1-3-34(47)45-22-21-44(24-29(45)17-19-41)37-31-16-18-39(23-27-11-9-15-33(40)32(27)26-50-39)36(48)35(31)42-38(49-25-30-14-10-20-43(30)2)46(37)28-12-7-5-4-6-8-13-28/h3,9,11,15,28-31,35,37-38,42H,1,4-8,10,12-14,16-18,20-26H2,2H3/t29?,30?,31?,35?,37?,38?,39-/m0/s1. The summed E-state index contributed by atoms with van der Waals surface area (Å²) < 4.78 is 21.2. The van der Waals surface area contributed by atoms with E-state index < -0.39 is 17.1 Å². The van der Waals surface area contributed by atoms with E-state index in [-0.39, 0.29) is 42.1 Å². The number of piperazine rings is 1. The highest BCUT2D eigenvalue weighted by molar-refractivity contribution is 8.00. The maximum Gasteiger partial charge on any atom is 0.246 e. The van der Waals surface area contributed by atoms with Crippen molar-refractivity contribution in [2.45, 2.75) is 131 Å². The second-order valence-electron chi connectivity index (χ2n) is 15.6. The smallest absolute Gasteiger partial charge is 0.246 e. The molecule has 7 atom stereocenters. The van der Waals surface area contributed by atoms with Crippen LogP contribution in [0.2, 0.25) is 0 Å². The third kappa shape index (κ3) is 7.05. The molecule has 0 aromatic heterocycles. The molecule has 272 valence electrons. The van der Waals surface area contributed by atoms with Crippen molar-refractivity contribution < 1.29 is 18.7 Å². The molecule has 9 nitrogen and oxygen atoms in total. The number of hydrogen-bond donors (Lipinski definition) is 1. The third-order valence-corrected chi connectivity index (χ3v) is 14.3. The van der Waals surface area contributed by atoms with Crippen LogP contribution >= 0.6 is 11.8 Å². The van der Waals surface area contributed by atoms with E-state index in [0.29, 0.717) is 50.5 Å². The summed E-state index contributed by atoms with van der Waals surface area (Å²) in [6, 6.07) is 7.63. The first-order chi connectivity index (χ1) is 24.3. The number of thioether (sulfide) groups is 1. The Morgan fingerprint density at radius 1 is 1.12 bits per heavy atom. The van der Waals surface area contributed by atoms with Gasteiger partial charge in [0.25, 0.3) is 0 Å². The maximum absolute atomic E-state index is 15.1. The highest BCUT2D eigenvalue weighted by Gasteiger charge is 2.58. The third-order valence-electron chi connectivity index (χ3n) is 12.8. The van der Waals surface area contributed by atoms with Crippen molar-refractivity contribution >= 4 is 23.5 Å². The number of nitrogens with zero attached hydrogens (tertiary/aromatic N) is 5. The Hall–Kier alpha value is -2.33. The van der Waals surface area contributed by atoms with Gasteiger partial charge in [0, 0.05) is 49.0 Å². The zero-order valence-electron chi connectivity index (χ0n) is 29.7. The van der Waals surface area contributed by atoms with Gasteiger partial charge in [-0.2, -0.15) is 5.26 Å². The van der Waals surface area contributed by atoms with E-state index in [4.69, 9.17) is 4.74 Å². The van der Waals surface area contributed by atoms with Crippen molar-refractivity contribution in [1.29, 1.82) is 5.26 Å². The summed E-state index contributed by atoms with van der Waals surface area (Å²) in [4.78, 5) is 37.3. The molecule has 1 N–H and O–H groups in total. The van der Waals surface area contributed by atoms with Crippen LogP contribution in [0.25, 0.3) is 0 Å². The Morgan fingerprint density at radius 3 is 2.66 bits per heavy atom. The summed E-state index contributed by atoms with van der Waals surface area (Å²) in [5.74, 6) is 0.435. The second kappa shape index (κ2) is 15.7. The molecule has 50 heavy (non-hydrogen) atoms. The molecule has 0 bridgehead atoms. The maximum atomic E-state index is 15.1. The van der Waals surface area contributed by atoms with E-state index in [9.17, 15) is 14.4 Å². The molecule has 7 rings (SSSR count). The molecule has 1 spiro atoms. The number of amides is 1. The number of fused-ring (bicyclic) bond motifs is 2. The van der Waals surface area contributed by atoms with E-state index in [1.807, 2.05) is 11.0 Å². The molecule has 4 heterocycles. The number of rotatable bonds is 7. The van der Waals surface area contributed by atoms with Crippen LogP contribution in [0.4, 0.5) is 4.39 Å². The Labute approximate surface area is 301 Å². The molecule has 11 heteroatoms. The van der Waals surface area contributed by atoms with E-state index in [1.165, 1.54) is 44.2 Å². The second-order valence-corrected chi connectivity index (χ2v) is 17.0. The molecular formula is C39H55FN6O3S. The van der Waals surface area contributed by atoms with Gasteiger partial charge in [0.1, 0.15) is 5.82 Å². The van der Waals surface area contributed by atoms with E-state index in [0.717, 1.165) is 56.2 Å². The summed E-state index contributed by atoms with van der Waals surface area (Å²) in [7, 11) is 2.18. The molecule has 6 unspecified atom stereocenters. The van der Waals surface area contributed by atoms with Gasteiger partial charge in [-0.3, -0.25) is 19.8 Å². The number of likely N-dealkylation sites (tertiary alicyclic amines) is 1. The van der Waals surface area contributed by atoms with Crippen LogP contribution in [0.3, 0.4) is 0 Å². The van der Waals surface area contributed by atoms with Crippen LogP contribution in [0.5, 0.6) is 0 Å². The van der Waals surface area contributed by atoms with Gasteiger partial charge in [-0.1, -0.05) is 50.8 Å². The first kappa shape index (κ1) is 36.0. The van der Waals surface area contributed by atoms with E-state index >= 15 is 4.79 Å². The van der Waals surface area contributed by atoms with Gasteiger partial charge in [-0.15, -0.1) is 11.8 Å². The van der Waals surface area contributed by atoms with Crippen molar-refractivity contribution in [2.75, 3.05) is 39.8 Å². The zero-order valence-corrected chi connectivity index (χ0v) is 30.6. The zero-order chi connectivity index (χ0) is 34.8. The number of ether oxygens (including phenoxy) is 1. The van der Waals surface area contributed by atoms with Crippen LogP contribution in [0.15, 0.2) is 30.9 Å². The van der Waals surface area contributed by atoms with Gasteiger partial charge in [0.2, 0.25) is 5.91 Å². The molecule has 6 aliphatic rings. The Kier molecular flexibility index (Phi) is 11.3. The SMILES string of the molecule is C=CC(=O)N1CCN(C2C3CC[C@]4(Cc5cccc(F)c5CS4)C(=O)C3NC(OCC3CCCN3C)N2C2CCCCCCC2)CC1CC#N. The van der Waals surface area contributed by atoms with E-state index in [1.54, 1.807) is 17.8 Å². The molecule has 0 radical (unpaired) electrons. The number of ketones is 1. The first-order valence-electron chi connectivity index (χ1n) is 19.2. The number of likely N-dealkylation sites (N-methyl/N-ethyl adjacent to an activating group) is 1. The lowest BCUT2D eigenvalue weighted by Gasteiger charge is -2.60. The normalized spacial score (nSPS) is 34.8. The fraction of sp³-hybridized carbons (Fsp3) is 0.718. The molecular weight excluding hydrogens is 652 g/mol. The highest BCUT2D eigenvalue weighted by atomic mass is 32.2. The minimum Gasteiger partial charge on any atom is -0.348 e. The van der Waals surface area contributed by atoms with Crippen LogP contribution in [-0.2, 0) is 26.5 Å². The predicted octanol–water partition coefficient (Wildman–Crippen LogP) is 5.05. The van der Waals surface area contributed by atoms with Gasteiger partial charge in [-0.05, 0) is 76.2 Å². The van der Waals surface area contributed by atoms with Crippen molar-refractivity contribution in [3.05, 3.63) is 47.8 Å². The molecule has 1 amide bonds. The Bertz CT molecular complexity index is 1450. The lowest BCUT2D eigenvalue weighted by molar-refractivity contribution is -0.213. The van der Waals surface area contributed by atoms with Gasteiger partial charge in [-0.25, -0.2) is 9.29 Å².